The molecule has 4 nitrogen and oxygen atoms in total. The van der Waals surface area contributed by atoms with Crippen molar-refractivity contribution in [1.82, 2.24) is 0 Å². The van der Waals surface area contributed by atoms with Gasteiger partial charge in [0.1, 0.15) is 23.0 Å². The summed E-state index contributed by atoms with van der Waals surface area (Å²) >= 11 is 0. The standard InChI is InChI=1S/C22H28O4/c1-23-19-13-20(24-2)16-9-6-10-18-12-17(8-5-7-15(19)11-16)21(25-3)14-22(18)26-4/h11-14H,5-10H2,1-4H3. The van der Waals surface area contributed by atoms with E-state index in [2.05, 4.69) is 12.1 Å². The molecule has 0 aromatic heterocycles. The maximum absolute atomic E-state index is 5.59. The van der Waals surface area contributed by atoms with Crippen LogP contribution in [-0.4, -0.2) is 28.4 Å². The second-order valence-corrected chi connectivity index (χ2v) is 6.66. The van der Waals surface area contributed by atoms with Gasteiger partial charge in [-0.1, -0.05) is 0 Å². The molecule has 0 saturated carbocycles. The van der Waals surface area contributed by atoms with Crippen LogP contribution in [0.4, 0.5) is 0 Å². The minimum atomic E-state index is 0.907. The lowest BCUT2D eigenvalue weighted by Crippen LogP contribution is -2.04. The Kier molecular flexibility index (Phi) is 5.92. The van der Waals surface area contributed by atoms with Crippen molar-refractivity contribution in [1.29, 1.82) is 0 Å². The zero-order valence-electron chi connectivity index (χ0n) is 16.2. The highest BCUT2D eigenvalue weighted by atomic mass is 16.5. The number of fused-ring (bicyclic) bond motifs is 4. The molecule has 0 amide bonds. The Morgan fingerprint density at radius 2 is 0.731 bits per heavy atom. The molecule has 0 radical (unpaired) electrons. The number of methoxy groups -OCH3 is 4. The maximum atomic E-state index is 5.59. The number of ether oxygens (including phenoxy) is 4. The van der Waals surface area contributed by atoms with Crippen LogP contribution in [0.25, 0.3) is 0 Å². The molecule has 4 bridgehead atoms. The highest BCUT2D eigenvalue weighted by Gasteiger charge is 2.16. The van der Waals surface area contributed by atoms with Crippen LogP contribution in [0.2, 0.25) is 0 Å². The van der Waals surface area contributed by atoms with Crippen molar-refractivity contribution in [3.8, 4) is 23.0 Å². The van der Waals surface area contributed by atoms with Crippen LogP contribution < -0.4 is 18.9 Å². The first kappa shape index (κ1) is 18.4. The first-order chi connectivity index (χ1) is 12.7. The monoisotopic (exact) mass is 356 g/mol. The van der Waals surface area contributed by atoms with Crippen molar-refractivity contribution in [2.24, 2.45) is 0 Å². The van der Waals surface area contributed by atoms with Gasteiger partial charge < -0.3 is 18.9 Å². The quantitative estimate of drug-likeness (QED) is 0.814. The summed E-state index contributed by atoms with van der Waals surface area (Å²) in [5, 5.41) is 0. The molecular formula is C22H28O4. The Balaban J connectivity index is 1.97. The lowest BCUT2D eigenvalue weighted by atomic mass is 9.94. The van der Waals surface area contributed by atoms with E-state index in [9.17, 15) is 0 Å². The first-order valence-electron chi connectivity index (χ1n) is 9.17. The Morgan fingerprint density at radius 1 is 0.462 bits per heavy atom. The highest BCUT2D eigenvalue weighted by molar-refractivity contribution is 5.49. The van der Waals surface area contributed by atoms with E-state index in [1.165, 1.54) is 22.3 Å². The van der Waals surface area contributed by atoms with E-state index in [4.69, 9.17) is 18.9 Å². The summed E-state index contributed by atoms with van der Waals surface area (Å²) in [4.78, 5) is 0. The summed E-state index contributed by atoms with van der Waals surface area (Å²) in [6, 6.07) is 8.55. The molecule has 140 valence electrons. The number of hydrogen-bond acceptors (Lipinski definition) is 4. The van der Waals surface area contributed by atoms with Crippen LogP contribution in [0.15, 0.2) is 24.3 Å². The molecule has 0 aliphatic heterocycles. The van der Waals surface area contributed by atoms with Crippen molar-refractivity contribution in [3.05, 3.63) is 46.5 Å². The Morgan fingerprint density at radius 3 is 0.962 bits per heavy atom. The van der Waals surface area contributed by atoms with Crippen LogP contribution in [0.5, 0.6) is 23.0 Å². The molecule has 26 heavy (non-hydrogen) atoms. The molecule has 2 aromatic carbocycles. The summed E-state index contributed by atoms with van der Waals surface area (Å²) in [7, 11) is 6.89. The molecule has 2 aromatic rings. The summed E-state index contributed by atoms with van der Waals surface area (Å²) in [6.45, 7) is 0. The third-order valence-corrected chi connectivity index (χ3v) is 5.15. The highest BCUT2D eigenvalue weighted by Crippen LogP contribution is 2.35. The molecule has 0 unspecified atom stereocenters. The Labute approximate surface area is 156 Å². The predicted octanol–water partition coefficient (Wildman–Crippen LogP) is 4.39. The topological polar surface area (TPSA) is 36.9 Å². The van der Waals surface area contributed by atoms with E-state index in [1.54, 1.807) is 28.4 Å². The minimum Gasteiger partial charge on any atom is -0.496 e. The smallest absolute Gasteiger partial charge is 0.125 e. The zero-order chi connectivity index (χ0) is 18.5. The third-order valence-electron chi connectivity index (χ3n) is 5.15. The molecule has 3 rings (SSSR count). The molecule has 0 N–H and O–H groups in total. The van der Waals surface area contributed by atoms with Gasteiger partial charge in [0, 0.05) is 12.1 Å². The molecule has 4 heteroatoms. The lowest BCUT2D eigenvalue weighted by molar-refractivity contribution is 0.384. The van der Waals surface area contributed by atoms with Crippen LogP contribution in [0.1, 0.15) is 35.1 Å². The van der Waals surface area contributed by atoms with Crippen molar-refractivity contribution in [3.63, 3.8) is 0 Å². The third kappa shape index (κ3) is 3.74. The summed E-state index contributed by atoms with van der Waals surface area (Å²) < 4.78 is 22.4. The molecule has 0 fully saturated rings. The van der Waals surface area contributed by atoms with Crippen LogP contribution in [0, 0.1) is 0 Å². The van der Waals surface area contributed by atoms with Gasteiger partial charge in [-0.3, -0.25) is 0 Å². The molecular weight excluding hydrogens is 328 g/mol. The first-order valence-corrected chi connectivity index (χ1v) is 9.17. The molecule has 0 saturated heterocycles. The average Bonchev–Trinajstić information content (AvgIpc) is 2.67. The van der Waals surface area contributed by atoms with Crippen molar-refractivity contribution >= 4 is 0 Å². The molecule has 1 aliphatic carbocycles. The second-order valence-electron chi connectivity index (χ2n) is 6.66. The number of aryl methyl sites for hydroxylation is 4. The van der Waals surface area contributed by atoms with Gasteiger partial charge in [0.25, 0.3) is 0 Å². The van der Waals surface area contributed by atoms with Crippen molar-refractivity contribution in [2.45, 2.75) is 38.5 Å². The van der Waals surface area contributed by atoms with Crippen LogP contribution in [0.3, 0.4) is 0 Å². The molecule has 0 spiro atoms. The van der Waals surface area contributed by atoms with E-state index < -0.39 is 0 Å². The van der Waals surface area contributed by atoms with Gasteiger partial charge in [-0.15, -0.1) is 0 Å². The second kappa shape index (κ2) is 8.35. The Hall–Kier alpha value is -2.36. The van der Waals surface area contributed by atoms with E-state index in [1.807, 2.05) is 12.1 Å². The largest absolute Gasteiger partial charge is 0.496 e. The fourth-order valence-electron chi connectivity index (χ4n) is 3.79. The van der Waals surface area contributed by atoms with Gasteiger partial charge in [-0.05, 0) is 72.9 Å². The average molecular weight is 356 g/mol. The lowest BCUT2D eigenvalue weighted by Gasteiger charge is -2.18. The molecule has 0 heterocycles. The SMILES string of the molecule is COc1cc(OC)c2cc1CCCc1cc(c(OC)cc1OC)CCC2. The van der Waals surface area contributed by atoms with E-state index in [0.29, 0.717) is 0 Å². The van der Waals surface area contributed by atoms with Crippen LogP contribution >= 0.6 is 0 Å². The van der Waals surface area contributed by atoms with Crippen molar-refractivity contribution < 1.29 is 18.9 Å². The molecule has 1 aliphatic rings. The summed E-state index contributed by atoms with van der Waals surface area (Å²) in [6.07, 6.45) is 5.92. The van der Waals surface area contributed by atoms with E-state index >= 15 is 0 Å². The van der Waals surface area contributed by atoms with E-state index in [0.717, 1.165) is 61.5 Å². The van der Waals surface area contributed by atoms with Gasteiger partial charge in [0.05, 0.1) is 28.4 Å². The van der Waals surface area contributed by atoms with Gasteiger partial charge in [-0.2, -0.15) is 0 Å². The fourth-order valence-corrected chi connectivity index (χ4v) is 3.79. The summed E-state index contributed by atoms with van der Waals surface area (Å²) in [5.74, 6) is 3.63. The van der Waals surface area contributed by atoms with Gasteiger partial charge in [-0.25, -0.2) is 0 Å². The van der Waals surface area contributed by atoms with Gasteiger partial charge in [0.15, 0.2) is 0 Å². The minimum absolute atomic E-state index is 0.907. The van der Waals surface area contributed by atoms with Gasteiger partial charge >= 0.3 is 0 Å². The van der Waals surface area contributed by atoms with Gasteiger partial charge in [0.2, 0.25) is 0 Å². The van der Waals surface area contributed by atoms with E-state index in [-0.39, 0.29) is 0 Å². The maximum Gasteiger partial charge on any atom is 0.125 e. The van der Waals surface area contributed by atoms with Crippen LogP contribution in [-0.2, 0) is 25.7 Å². The molecule has 0 atom stereocenters. The van der Waals surface area contributed by atoms with Crippen molar-refractivity contribution in [2.75, 3.05) is 28.4 Å². The summed E-state index contributed by atoms with van der Waals surface area (Å²) in [5.41, 5.74) is 4.99. The number of benzene rings is 2. The number of rotatable bonds is 4. The number of hydrogen-bond donors (Lipinski definition) is 0. The zero-order valence-corrected chi connectivity index (χ0v) is 16.2. The fraction of sp³-hybridized carbons (Fsp3) is 0.455. The normalized spacial score (nSPS) is 14.0. The predicted molar refractivity (Wildman–Crippen MR) is 103 cm³/mol. The Bertz CT molecular complexity index is 647.